The second-order valence-electron chi connectivity index (χ2n) is 3.68. The fourth-order valence-corrected chi connectivity index (χ4v) is 1.47. The number of carbonyl (C=O) groups excluding carboxylic acids is 1. The number of rotatable bonds is 3. The first-order valence-corrected chi connectivity index (χ1v) is 5.43. The van der Waals surface area contributed by atoms with Crippen LogP contribution in [0.3, 0.4) is 0 Å². The van der Waals surface area contributed by atoms with Crippen molar-refractivity contribution in [3.8, 4) is 5.75 Å². The lowest BCUT2D eigenvalue weighted by Crippen LogP contribution is -2.14. The number of hydrogen-bond donors (Lipinski definition) is 1. The van der Waals surface area contributed by atoms with Crippen LogP contribution in [-0.2, 0) is 0 Å². The molecule has 0 atom stereocenters. The zero-order valence-electron chi connectivity index (χ0n) is 10.2. The van der Waals surface area contributed by atoms with Crippen molar-refractivity contribution in [3.63, 3.8) is 0 Å². The highest BCUT2D eigenvalue weighted by molar-refractivity contribution is 6.04. The Labute approximate surface area is 105 Å². The van der Waals surface area contributed by atoms with Crippen LogP contribution in [0, 0.1) is 6.92 Å². The number of ether oxygens (including phenoxy) is 1. The average Bonchev–Trinajstić information content (AvgIpc) is 2.41. The summed E-state index contributed by atoms with van der Waals surface area (Å²) in [4.78, 5) is 20.1. The summed E-state index contributed by atoms with van der Waals surface area (Å²) in [5.74, 6) is 0.862. The second kappa shape index (κ2) is 5.27. The van der Waals surface area contributed by atoms with Gasteiger partial charge in [0.25, 0.3) is 5.91 Å². The number of aryl methyl sites for hydroxylation is 1. The van der Waals surface area contributed by atoms with Gasteiger partial charge in [-0.2, -0.15) is 0 Å². The molecule has 0 unspecified atom stereocenters. The van der Waals surface area contributed by atoms with Crippen LogP contribution in [0.15, 0.2) is 36.7 Å². The molecule has 2 aromatic rings. The van der Waals surface area contributed by atoms with E-state index in [1.54, 1.807) is 44.5 Å². The predicted molar refractivity (Wildman–Crippen MR) is 67.7 cm³/mol. The molecule has 0 radical (unpaired) electrons. The number of benzene rings is 1. The molecule has 5 nitrogen and oxygen atoms in total. The number of nitrogens with zero attached hydrogens (tertiary/aromatic N) is 2. The zero-order chi connectivity index (χ0) is 13.0. The number of nitrogens with one attached hydrogen (secondary N) is 1. The number of anilines is 1. The van der Waals surface area contributed by atoms with Gasteiger partial charge in [0.1, 0.15) is 5.75 Å². The molecule has 18 heavy (non-hydrogen) atoms. The third kappa shape index (κ3) is 2.63. The van der Waals surface area contributed by atoms with Crippen molar-refractivity contribution in [1.82, 2.24) is 9.97 Å². The molecule has 5 heteroatoms. The summed E-state index contributed by atoms with van der Waals surface area (Å²) >= 11 is 0. The molecule has 0 aliphatic heterocycles. The lowest BCUT2D eigenvalue weighted by molar-refractivity contribution is 0.102. The highest BCUT2D eigenvalue weighted by Crippen LogP contribution is 2.14. The van der Waals surface area contributed by atoms with Crippen molar-refractivity contribution < 1.29 is 9.53 Å². The summed E-state index contributed by atoms with van der Waals surface area (Å²) in [6.07, 6.45) is 3.12. The standard InChI is InChI=1S/C13H13N3O2/c1-9-12(15-7-6-14-9)16-13(17)10-4-3-5-11(8-10)18-2/h3-8H,1-2H3,(H,15,16,17). The SMILES string of the molecule is COc1cccc(C(=O)Nc2nccnc2C)c1. The molecule has 1 amide bonds. The summed E-state index contributed by atoms with van der Waals surface area (Å²) in [7, 11) is 1.56. The van der Waals surface area contributed by atoms with Crippen LogP contribution in [0.25, 0.3) is 0 Å². The Balaban J connectivity index is 2.19. The highest BCUT2D eigenvalue weighted by atomic mass is 16.5. The Morgan fingerprint density at radius 3 is 2.78 bits per heavy atom. The molecule has 92 valence electrons. The minimum absolute atomic E-state index is 0.238. The monoisotopic (exact) mass is 243 g/mol. The van der Waals surface area contributed by atoms with Gasteiger partial charge in [0.2, 0.25) is 0 Å². The summed E-state index contributed by atoms with van der Waals surface area (Å²) in [6, 6.07) is 6.92. The normalized spacial score (nSPS) is 9.89. The largest absolute Gasteiger partial charge is 0.497 e. The van der Waals surface area contributed by atoms with Crippen molar-refractivity contribution in [1.29, 1.82) is 0 Å². The van der Waals surface area contributed by atoms with Crippen molar-refractivity contribution in [2.45, 2.75) is 6.92 Å². The minimum atomic E-state index is -0.238. The summed E-state index contributed by atoms with van der Waals surface area (Å²) < 4.78 is 5.07. The van der Waals surface area contributed by atoms with Crippen molar-refractivity contribution in [2.24, 2.45) is 0 Å². The number of methoxy groups -OCH3 is 1. The first-order valence-electron chi connectivity index (χ1n) is 5.43. The van der Waals surface area contributed by atoms with Crippen LogP contribution in [0.2, 0.25) is 0 Å². The van der Waals surface area contributed by atoms with Gasteiger partial charge >= 0.3 is 0 Å². The zero-order valence-corrected chi connectivity index (χ0v) is 10.2. The van der Waals surface area contributed by atoms with Gasteiger partial charge in [0.05, 0.1) is 12.8 Å². The van der Waals surface area contributed by atoms with Gasteiger partial charge in [-0.3, -0.25) is 9.78 Å². The third-order valence-electron chi connectivity index (χ3n) is 2.45. The Bertz CT molecular complexity index is 570. The van der Waals surface area contributed by atoms with E-state index in [0.717, 1.165) is 0 Å². The van der Waals surface area contributed by atoms with Gasteiger partial charge in [-0.05, 0) is 25.1 Å². The Hall–Kier alpha value is -2.43. The van der Waals surface area contributed by atoms with Crippen LogP contribution < -0.4 is 10.1 Å². The van der Waals surface area contributed by atoms with E-state index in [4.69, 9.17) is 4.74 Å². The van der Waals surface area contributed by atoms with Gasteiger partial charge in [-0.15, -0.1) is 0 Å². The minimum Gasteiger partial charge on any atom is -0.497 e. The van der Waals surface area contributed by atoms with Crippen molar-refractivity contribution in [2.75, 3.05) is 12.4 Å². The van der Waals surface area contributed by atoms with Crippen LogP contribution in [0.1, 0.15) is 16.1 Å². The van der Waals surface area contributed by atoms with E-state index < -0.39 is 0 Å². The smallest absolute Gasteiger partial charge is 0.257 e. The van der Waals surface area contributed by atoms with Crippen LogP contribution in [0.4, 0.5) is 5.82 Å². The second-order valence-corrected chi connectivity index (χ2v) is 3.68. The molecular formula is C13H13N3O2. The lowest BCUT2D eigenvalue weighted by Gasteiger charge is -2.07. The molecular weight excluding hydrogens is 230 g/mol. The van der Waals surface area contributed by atoms with Gasteiger partial charge in [-0.1, -0.05) is 6.07 Å². The maximum atomic E-state index is 12.0. The molecule has 0 saturated heterocycles. The molecule has 0 aliphatic rings. The first kappa shape index (κ1) is 12.0. The molecule has 1 heterocycles. The first-order chi connectivity index (χ1) is 8.70. The van der Waals surface area contributed by atoms with Gasteiger partial charge in [0.15, 0.2) is 5.82 Å². The average molecular weight is 243 g/mol. The Morgan fingerprint density at radius 2 is 2.06 bits per heavy atom. The Kier molecular flexibility index (Phi) is 3.52. The quantitative estimate of drug-likeness (QED) is 0.896. The fraction of sp³-hybridized carbons (Fsp3) is 0.154. The highest BCUT2D eigenvalue weighted by Gasteiger charge is 2.09. The summed E-state index contributed by atoms with van der Waals surface area (Å²) in [5, 5.41) is 2.71. The molecule has 0 aliphatic carbocycles. The van der Waals surface area contributed by atoms with Gasteiger partial charge in [-0.25, -0.2) is 4.98 Å². The lowest BCUT2D eigenvalue weighted by atomic mass is 10.2. The van der Waals surface area contributed by atoms with E-state index in [2.05, 4.69) is 15.3 Å². The molecule has 0 bridgehead atoms. The fourth-order valence-electron chi connectivity index (χ4n) is 1.47. The maximum Gasteiger partial charge on any atom is 0.257 e. The predicted octanol–water partition coefficient (Wildman–Crippen LogP) is 2.05. The molecule has 0 spiro atoms. The maximum absolute atomic E-state index is 12.0. The molecule has 0 fully saturated rings. The number of aromatic nitrogens is 2. The molecule has 1 N–H and O–H groups in total. The van der Waals surface area contributed by atoms with Crippen LogP contribution >= 0.6 is 0 Å². The van der Waals surface area contributed by atoms with E-state index in [1.165, 1.54) is 6.20 Å². The number of amides is 1. The van der Waals surface area contributed by atoms with E-state index in [9.17, 15) is 4.79 Å². The van der Waals surface area contributed by atoms with E-state index >= 15 is 0 Å². The van der Waals surface area contributed by atoms with Crippen molar-refractivity contribution >= 4 is 11.7 Å². The third-order valence-corrected chi connectivity index (χ3v) is 2.45. The van der Waals surface area contributed by atoms with Gasteiger partial charge < -0.3 is 10.1 Å². The van der Waals surface area contributed by atoms with Gasteiger partial charge in [0, 0.05) is 18.0 Å². The number of carbonyl (C=O) groups is 1. The Morgan fingerprint density at radius 1 is 1.28 bits per heavy atom. The van der Waals surface area contributed by atoms with E-state index in [-0.39, 0.29) is 5.91 Å². The van der Waals surface area contributed by atoms with Crippen LogP contribution in [0.5, 0.6) is 5.75 Å². The molecule has 1 aromatic carbocycles. The van der Waals surface area contributed by atoms with Crippen molar-refractivity contribution in [3.05, 3.63) is 47.9 Å². The summed E-state index contributed by atoms with van der Waals surface area (Å²) in [5.41, 5.74) is 1.19. The van der Waals surface area contributed by atoms with E-state index in [1.807, 2.05) is 0 Å². The van der Waals surface area contributed by atoms with Crippen LogP contribution in [-0.4, -0.2) is 23.0 Å². The molecule has 2 rings (SSSR count). The molecule has 1 aromatic heterocycles. The topological polar surface area (TPSA) is 64.1 Å². The van der Waals surface area contributed by atoms with E-state index in [0.29, 0.717) is 22.8 Å². The number of hydrogen-bond acceptors (Lipinski definition) is 4. The summed E-state index contributed by atoms with van der Waals surface area (Å²) in [6.45, 7) is 1.79. The molecule has 0 saturated carbocycles.